The molecule has 30 heavy (non-hydrogen) atoms. The van der Waals surface area contributed by atoms with Crippen LogP contribution in [0.5, 0.6) is 0 Å². The van der Waals surface area contributed by atoms with Crippen molar-refractivity contribution in [3.63, 3.8) is 0 Å². The Balaban J connectivity index is 2.13. The Morgan fingerprint density at radius 2 is 1.90 bits per heavy atom. The van der Waals surface area contributed by atoms with Gasteiger partial charge in [-0.15, -0.1) is 5.10 Å². The molecule has 0 saturated carbocycles. The van der Waals surface area contributed by atoms with Crippen molar-refractivity contribution in [1.29, 1.82) is 0 Å². The van der Waals surface area contributed by atoms with E-state index < -0.39 is 29.9 Å². The summed E-state index contributed by atoms with van der Waals surface area (Å²) in [5.74, 6) is 8.48. The van der Waals surface area contributed by atoms with Gasteiger partial charge in [-0.05, 0) is 54.2 Å². The molecule has 1 heterocycles. The number of rotatable bonds is 6. The summed E-state index contributed by atoms with van der Waals surface area (Å²) in [4.78, 5) is 24.2. The second kappa shape index (κ2) is 10.1. The number of amides is 2. The van der Waals surface area contributed by atoms with E-state index in [0.717, 1.165) is 14.0 Å². The molecular weight excluding hydrogens is 402 g/mol. The molecule has 0 aliphatic carbocycles. The zero-order chi connectivity index (χ0) is 22.1. The average Bonchev–Trinajstić information content (AvgIpc) is 3.27. The van der Waals surface area contributed by atoms with Gasteiger partial charge >= 0.3 is 0 Å². The Bertz CT molecular complexity index is 1010. The summed E-state index contributed by atoms with van der Waals surface area (Å²) in [7, 11) is 0.963. The van der Waals surface area contributed by atoms with Gasteiger partial charge in [-0.1, -0.05) is 11.0 Å². The van der Waals surface area contributed by atoms with Crippen LogP contribution in [0.3, 0.4) is 0 Å². The molecule has 4 N–H and O–H groups in total. The summed E-state index contributed by atoms with van der Waals surface area (Å²) in [5, 5.41) is 23.8. The summed E-state index contributed by atoms with van der Waals surface area (Å²) in [6, 6.07) is 3.90. The number of aromatic nitrogens is 4. The number of ether oxygens (including phenoxy) is 1. The summed E-state index contributed by atoms with van der Waals surface area (Å²) in [6.07, 6.45) is -3.13. The third-order valence-corrected chi connectivity index (χ3v) is 4.03. The largest absolute Gasteiger partial charge is 0.370 e. The number of nitrogens with zero attached hydrogens (tertiary/aromatic N) is 3. The molecule has 2 rings (SSSR count). The van der Waals surface area contributed by atoms with Crippen molar-refractivity contribution in [2.45, 2.75) is 25.0 Å². The number of hydrogen-bond acceptors (Lipinski definition) is 7. The van der Waals surface area contributed by atoms with Gasteiger partial charge in [-0.2, -0.15) is 5.21 Å². The first-order valence-corrected chi connectivity index (χ1v) is 8.25. The van der Waals surface area contributed by atoms with Crippen LogP contribution in [0.15, 0.2) is 24.3 Å². The van der Waals surface area contributed by atoms with E-state index in [-0.39, 0.29) is 11.4 Å². The zero-order valence-corrected chi connectivity index (χ0v) is 15.7. The number of aromatic amines is 1. The Hall–Kier alpha value is -3.87. The van der Waals surface area contributed by atoms with E-state index in [4.69, 9.17) is 9.94 Å². The first kappa shape index (κ1) is 22.4. The second-order valence-electron chi connectivity index (χ2n) is 5.88. The van der Waals surface area contributed by atoms with Crippen LogP contribution in [-0.4, -0.2) is 62.8 Å². The van der Waals surface area contributed by atoms with Crippen LogP contribution < -0.4 is 10.8 Å². The lowest BCUT2D eigenvalue weighted by Gasteiger charge is -2.34. The summed E-state index contributed by atoms with van der Waals surface area (Å²) < 4.78 is 31.5. The van der Waals surface area contributed by atoms with Crippen molar-refractivity contribution < 1.29 is 28.3 Å². The molecule has 2 amide bonds. The topological polar surface area (TPSA) is 142 Å². The zero-order valence-electron chi connectivity index (χ0n) is 15.7. The minimum absolute atomic E-state index is 0.0712. The van der Waals surface area contributed by atoms with E-state index in [1.807, 2.05) is 0 Å². The first-order valence-electron chi connectivity index (χ1n) is 8.25. The van der Waals surface area contributed by atoms with Gasteiger partial charge in [0.25, 0.3) is 18.2 Å². The number of nitrogens with one attached hydrogen (secondary N) is 3. The van der Waals surface area contributed by atoms with Crippen molar-refractivity contribution >= 4 is 11.8 Å². The minimum Gasteiger partial charge on any atom is -0.370 e. The van der Waals surface area contributed by atoms with E-state index in [1.165, 1.54) is 29.7 Å². The SMILES string of the molecule is COC(C)(C(F)F)C(NC(=O)c1ccc(C#CC#Cc2nn[nH]n2)cc1)C(=O)NO. The van der Waals surface area contributed by atoms with Crippen molar-refractivity contribution in [3.05, 3.63) is 41.2 Å². The fourth-order valence-electron chi connectivity index (χ4n) is 2.19. The number of carbonyl (C=O) groups excluding carboxylic acids is 2. The maximum Gasteiger partial charge on any atom is 0.269 e. The number of tetrazole rings is 1. The highest BCUT2D eigenvalue weighted by molar-refractivity contribution is 5.97. The molecule has 0 aliphatic heterocycles. The van der Waals surface area contributed by atoms with Gasteiger partial charge in [0.2, 0.25) is 5.82 Å². The van der Waals surface area contributed by atoms with Gasteiger partial charge in [0, 0.05) is 18.2 Å². The third-order valence-electron chi connectivity index (χ3n) is 4.03. The fraction of sp³-hybridized carbons (Fsp3) is 0.278. The van der Waals surface area contributed by atoms with Crippen LogP contribution in [0.25, 0.3) is 0 Å². The first-order chi connectivity index (χ1) is 14.3. The van der Waals surface area contributed by atoms with Gasteiger partial charge in [-0.3, -0.25) is 14.8 Å². The lowest BCUT2D eigenvalue weighted by atomic mass is 9.95. The van der Waals surface area contributed by atoms with Gasteiger partial charge < -0.3 is 10.1 Å². The van der Waals surface area contributed by atoms with Gasteiger partial charge in [-0.25, -0.2) is 14.3 Å². The standard InChI is InChI=1S/C18H16F2N6O4/c1-18(30-2,17(19)20)14(16(28)24-29)21-15(27)12-9-7-11(8-10-12)5-3-4-6-13-22-25-26-23-13/h7-10,14,17,29H,1-2H3,(H,21,27)(H,24,28)(H,22,23,25,26). The average molecular weight is 418 g/mol. The van der Waals surface area contributed by atoms with Crippen LogP contribution in [0.1, 0.15) is 28.7 Å². The molecular formula is C18H16F2N6O4. The maximum absolute atomic E-state index is 13.4. The van der Waals surface area contributed by atoms with E-state index in [9.17, 15) is 18.4 Å². The number of carbonyl (C=O) groups is 2. The predicted octanol–water partition coefficient (Wildman–Crippen LogP) is -0.123. The Morgan fingerprint density at radius 1 is 1.23 bits per heavy atom. The monoisotopic (exact) mass is 418 g/mol. The molecule has 12 heteroatoms. The molecule has 0 radical (unpaired) electrons. The number of hydrogen-bond donors (Lipinski definition) is 4. The maximum atomic E-state index is 13.4. The molecule has 10 nitrogen and oxygen atoms in total. The van der Waals surface area contributed by atoms with Gasteiger partial charge in [0.1, 0.15) is 6.04 Å². The highest BCUT2D eigenvalue weighted by atomic mass is 19.3. The molecule has 156 valence electrons. The molecule has 0 aliphatic rings. The molecule has 0 bridgehead atoms. The highest BCUT2D eigenvalue weighted by Gasteiger charge is 2.48. The summed E-state index contributed by atoms with van der Waals surface area (Å²) >= 11 is 0. The number of halogens is 2. The molecule has 1 aromatic heterocycles. The normalized spacial score (nSPS) is 13.1. The van der Waals surface area contributed by atoms with Crippen LogP contribution in [0.2, 0.25) is 0 Å². The van der Waals surface area contributed by atoms with Crippen molar-refractivity contribution in [3.8, 4) is 23.7 Å². The molecule has 0 fully saturated rings. The molecule has 2 unspecified atom stereocenters. The summed E-state index contributed by atoms with van der Waals surface area (Å²) in [5.41, 5.74) is -0.526. The van der Waals surface area contributed by atoms with E-state index >= 15 is 0 Å². The number of benzene rings is 1. The van der Waals surface area contributed by atoms with E-state index in [2.05, 4.69) is 49.6 Å². The van der Waals surface area contributed by atoms with Crippen LogP contribution in [0, 0.1) is 23.7 Å². The number of alkyl halides is 2. The highest BCUT2D eigenvalue weighted by Crippen LogP contribution is 2.24. The molecule has 0 saturated heterocycles. The molecule has 2 aromatic rings. The van der Waals surface area contributed by atoms with Crippen LogP contribution >= 0.6 is 0 Å². The lowest BCUT2D eigenvalue weighted by molar-refractivity contribution is -0.157. The Kier molecular flexibility index (Phi) is 7.52. The van der Waals surface area contributed by atoms with Gasteiger partial charge in [0.05, 0.1) is 0 Å². The van der Waals surface area contributed by atoms with E-state index in [1.54, 1.807) is 0 Å². The molecule has 0 spiro atoms. The molecule has 1 aromatic carbocycles. The van der Waals surface area contributed by atoms with Crippen LogP contribution in [0.4, 0.5) is 8.78 Å². The Labute approximate surface area is 169 Å². The van der Waals surface area contributed by atoms with E-state index in [0.29, 0.717) is 5.56 Å². The quantitative estimate of drug-likeness (QED) is 0.291. The Morgan fingerprint density at radius 3 is 2.43 bits per heavy atom. The van der Waals surface area contributed by atoms with Crippen molar-refractivity contribution in [2.75, 3.05) is 7.11 Å². The lowest BCUT2D eigenvalue weighted by Crippen LogP contribution is -2.62. The number of H-pyrrole nitrogens is 1. The van der Waals surface area contributed by atoms with Crippen LogP contribution in [-0.2, 0) is 9.53 Å². The predicted molar refractivity (Wildman–Crippen MR) is 97.0 cm³/mol. The molecule has 2 atom stereocenters. The number of methoxy groups -OCH3 is 1. The number of hydroxylamine groups is 1. The minimum atomic E-state index is -3.13. The van der Waals surface area contributed by atoms with Gasteiger partial charge in [0.15, 0.2) is 5.60 Å². The smallest absolute Gasteiger partial charge is 0.269 e. The summed E-state index contributed by atoms with van der Waals surface area (Å²) in [6.45, 7) is 0.937. The third kappa shape index (κ3) is 5.35. The fourth-order valence-corrected chi connectivity index (χ4v) is 2.19. The second-order valence-corrected chi connectivity index (χ2v) is 5.88. The van der Waals surface area contributed by atoms with Crippen molar-refractivity contribution in [2.24, 2.45) is 0 Å². The van der Waals surface area contributed by atoms with Crippen molar-refractivity contribution in [1.82, 2.24) is 31.4 Å².